The van der Waals surface area contributed by atoms with Crippen molar-refractivity contribution in [3.8, 4) is 5.75 Å². The molecule has 1 aliphatic rings. The van der Waals surface area contributed by atoms with Crippen LogP contribution in [0.1, 0.15) is 43.6 Å². The van der Waals surface area contributed by atoms with Crippen molar-refractivity contribution < 1.29 is 17.9 Å². The van der Waals surface area contributed by atoms with Crippen molar-refractivity contribution >= 4 is 66.6 Å². The Labute approximate surface area is 278 Å². The molecular weight excluding hydrogens is 643 g/mol. The van der Waals surface area contributed by atoms with E-state index >= 15 is 0 Å². The van der Waals surface area contributed by atoms with Gasteiger partial charge in [0.15, 0.2) is 0 Å². The van der Waals surface area contributed by atoms with E-state index in [4.69, 9.17) is 47.6 Å². The Morgan fingerprint density at radius 1 is 0.935 bits per heavy atom. The topological polar surface area (TPSA) is 103 Å². The van der Waals surface area contributed by atoms with Crippen molar-refractivity contribution in [2.45, 2.75) is 51.0 Å². The molecule has 0 aliphatic carbocycles. The minimum atomic E-state index is -4.09. The molecule has 0 unspecified atom stereocenters. The van der Waals surface area contributed by atoms with Crippen molar-refractivity contribution in [3.05, 3.63) is 99.8 Å². The summed E-state index contributed by atoms with van der Waals surface area (Å²) in [7, 11) is -4.09. The predicted octanol–water partition coefficient (Wildman–Crippen LogP) is 8.40. The van der Waals surface area contributed by atoms with Crippen molar-refractivity contribution in [2.75, 3.05) is 17.9 Å². The molecule has 1 N–H and O–H groups in total. The van der Waals surface area contributed by atoms with E-state index in [1.54, 1.807) is 18.2 Å². The molecule has 0 spiro atoms. The number of halogens is 2. The zero-order valence-electron chi connectivity index (χ0n) is 25.8. The number of pyridine rings is 2. The number of nitrogens with one attached hydrogen (secondary N) is 1. The fourth-order valence-electron chi connectivity index (χ4n) is 5.33. The minimum Gasteiger partial charge on any atom is -0.491 e. The third kappa shape index (κ3) is 7.07. The number of fused-ring (bicyclic) bond motifs is 3. The Morgan fingerprint density at radius 3 is 2.35 bits per heavy atom. The van der Waals surface area contributed by atoms with Crippen LogP contribution in [-0.2, 0) is 21.2 Å². The summed E-state index contributed by atoms with van der Waals surface area (Å²) in [4.78, 5) is 14.3. The fraction of sp³-hybridized carbons (Fsp3) is 0.286. The summed E-state index contributed by atoms with van der Waals surface area (Å²) in [6.45, 7) is 6.90. The van der Waals surface area contributed by atoms with E-state index in [1.165, 1.54) is 18.2 Å². The molecule has 0 bridgehead atoms. The molecule has 1 aliphatic heterocycles. The van der Waals surface area contributed by atoms with E-state index in [2.05, 4.69) is 48.9 Å². The zero-order chi connectivity index (χ0) is 32.4. The van der Waals surface area contributed by atoms with E-state index in [9.17, 15) is 8.42 Å². The lowest BCUT2D eigenvalue weighted by atomic mass is 10.1. The van der Waals surface area contributed by atoms with Crippen LogP contribution in [0.25, 0.3) is 21.8 Å². The Balaban J connectivity index is 1.20. The van der Waals surface area contributed by atoms with Gasteiger partial charge in [-0.25, -0.2) is 13.4 Å². The van der Waals surface area contributed by atoms with Gasteiger partial charge in [0.1, 0.15) is 18.0 Å². The first-order valence-electron chi connectivity index (χ1n) is 15.2. The lowest BCUT2D eigenvalue weighted by Gasteiger charge is -2.17. The van der Waals surface area contributed by atoms with E-state index in [0.717, 1.165) is 52.5 Å². The summed E-state index contributed by atoms with van der Waals surface area (Å²) in [6, 6.07) is 21.8. The van der Waals surface area contributed by atoms with E-state index in [-0.39, 0.29) is 32.6 Å². The second-order valence-electron chi connectivity index (χ2n) is 11.7. The van der Waals surface area contributed by atoms with Gasteiger partial charge in [0.2, 0.25) is 5.90 Å². The molecule has 0 saturated heterocycles. The Morgan fingerprint density at radius 2 is 1.63 bits per heavy atom. The van der Waals surface area contributed by atoms with Gasteiger partial charge >= 0.3 is 0 Å². The molecule has 0 saturated carbocycles. The van der Waals surface area contributed by atoms with Gasteiger partial charge in [-0.2, -0.15) is 0 Å². The molecule has 238 valence electrons. The average molecular weight is 678 g/mol. The largest absolute Gasteiger partial charge is 0.491 e. The maximum Gasteiger partial charge on any atom is 0.262 e. The van der Waals surface area contributed by atoms with Crippen molar-refractivity contribution in [1.82, 2.24) is 9.97 Å². The van der Waals surface area contributed by atoms with Crippen molar-refractivity contribution in [1.29, 1.82) is 0 Å². The standard InChI is InChI=1S/C35H34Cl2N4O4S/c1-21(2)30-20-45-35(40-30)29-8-6-9-31(34(29)41-46(42,43)28-18-25(36)17-26(37)19-28)44-16-5-4-7-27-15-14-24-13-12-23-11-10-22(3)38-32(23)33(24)39-27/h6,8-15,17-19,21,30,41H,4-5,7,16,20H2,1-3H3/t30-/m1/s1. The van der Waals surface area contributed by atoms with Crippen LogP contribution < -0.4 is 9.46 Å². The lowest BCUT2D eigenvalue weighted by molar-refractivity contribution is 0.291. The van der Waals surface area contributed by atoms with Crippen molar-refractivity contribution in [3.63, 3.8) is 0 Å². The molecule has 0 amide bonds. The number of sulfonamides is 1. The second-order valence-corrected chi connectivity index (χ2v) is 14.3. The number of benzene rings is 3. The highest BCUT2D eigenvalue weighted by Crippen LogP contribution is 2.34. The van der Waals surface area contributed by atoms with Crippen LogP contribution in [0.5, 0.6) is 5.75 Å². The smallest absolute Gasteiger partial charge is 0.262 e. The number of unbranched alkanes of at least 4 members (excludes halogenated alkanes) is 1. The van der Waals surface area contributed by atoms with Crippen LogP contribution in [0.3, 0.4) is 0 Å². The van der Waals surface area contributed by atoms with Crippen LogP contribution >= 0.6 is 23.2 Å². The predicted molar refractivity (Wildman–Crippen MR) is 185 cm³/mol. The van der Waals surface area contributed by atoms with Gasteiger partial charge in [-0.3, -0.25) is 14.7 Å². The molecule has 3 aromatic carbocycles. The zero-order valence-corrected chi connectivity index (χ0v) is 28.1. The number of nitrogens with zero attached hydrogens (tertiary/aromatic N) is 3. The van der Waals surface area contributed by atoms with Gasteiger partial charge in [0.25, 0.3) is 10.0 Å². The maximum absolute atomic E-state index is 13.5. The molecular formula is C35H34Cl2N4O4S. The first-order valence-corrected chi connectivity index (χ1v) is 17.4. The number of rotatable bonds is 11. The van der Waals surface area contributed by atoms with Gasteiger partial charge in [-0.05, 0) is 74.6 Å². The van der Waals surface area contributed by atoms with Gasteiger partial charge < -0.3 is 9.47 Å². The highest BCUT2D eigenvalue weighted by Gasteiger charge is 2.28. The van der Waals surface area contributed by atoms with E-state index in [1.807, 2.05) is 13.0 Å². The number of hydrogen-bond donors (Lipinski definition) is 1. The highest BCUT2D eigenvalue weighted by atomic mass is 35.5. The monoisotopic (exact) mass is 676 g/mol. The Kier molecular flexibility index (Phi) is 9.36. The second kappa shape index (κ2) is 13.4. The highest BCUT2D eigenvalue weighted by molar-refractivity contribution is 7.92. The van der Waals surface area contributed by atoms with Crippen molar-refractivity contribution in [2.24, 2.45) is 10.9 Å². The molecule has 3 heterocycles. The Hall–Kier alpha value is -3.92. The summed E-state index contributed by atoms with van der Waals surface area (Å²) in [5.74, 6) is 0.998. The number of ether oxygens (including phenoxy) is 2. The van der Waals surface area contributed by atoms with Crippen LogP contribution in [0.15, 0.2) is 82.7 Å². The van der Waals surface area contributed by atoms with Gasteiger partial charge in [0.05, 0.1) is 34.1 Å². The third-order valence-electron chi connectivity index (χ3n) is 7.88. The van der Waals surface area contributed by atoms with Crippen LogP contribution in [0.2, 0.25) is 10.0 Å². The molecule has 46 heavy (non-hydrogen) atoms. The molecule has 0 fully saturated rings. The molecule has 2 aromatic heterocycles. The van der Waals surface area contributed by atoms with E-state index in [0.29, 0.717) is 30.4 Å². The average Bonchev–Trinajstić information content (AvgIpc) is 3.52. The fourth-order valence-corrected chi connectivity index (χ4v) is 7.14. The molecule has 1 atom stereocenters. The number of anilines is 1. The quantitative estimate of drug-likeness (QED) is 0.111. The summed E-state index contributed by atoms with van der Waals surface area (Å²) in [5.41, 5.74) is 4.49. The number of aryl methyl sites for hydroxylation is 2. The molecule has 6 rings (SSSR count). The summed E-state index contributed by atoms with van der Waals surface area (Å²) < 4.78 is 41.9. The molecule has 5 aromatic rings. The van der Waals surface area contributed by atoms with Gasteiger partial charge in [0, 0.05) is 32.2 Å². The summed E-state index contributed by atoms with van der Waals surface area (Å²) >= 11 is 12.3. The summed E-state index contributed by atoms with van der Waals surface area (Å²) in [5, 5.41) is 2.54. The molecule has 11 heteroatoms. The lowest BCUT2D eigenvalue weighted by Crippen LogP contribution is -2.17. The normalized spacial score (nSPS) is 14.9. The maximum atomic E-state index is 13.5. The minimum absolute atomic E-state index is 0.0303. The van der Waals surface area contributed by atoms with Crippen LogP contribution in [0.4, 0.5) is 5.69 Å². The number of para-hydroxylation sites is 1. The third-order valence-corrected chi connectivity index (χ3v) is 9.65. The number of aliphatic imine (C=N–C) groups is 1. The molecule has 0 radical (unpaired) electrons. The number of hydrogen-bond acceptors (Lipinski definition) is 7. The van der Waals surface area contributed by atoms with Crippen LogP contribution in [-0.4, -0.2) is 43.5 Å². The Bertz CT molecular complexity index is 2050. The SMILES string of the molecule is Cc1ccc2ccc3ccc(CCCCOc4cccc(C5=N[C@@H](C(C)C)CO5)c4NS(=O)(=O)c4cc(Cl)cc(Cl)c4)nc3c2n1. The number of aromatic nitrogens is 2. The molecule has 8 nitrogen and oxygen atoms in total. The van der Waals surface area contributed by atoms with E-state index < -0.39 is 10.0 Å². The van der Waals surface area contributed by atoms with Crippen LogP contribution in [0, 0.1) is 12.8 Å². The first kappa shape index (κ1) is 32.0. The summed E-state index contributed by atoms with van der Waals surface area (Å²) in [6.07, 6.45) is 2.31. The van der Waals surface area contributed by atoms with Gasteiger partial charge in [-0.15, -0.1) is 0 Å². The first-order chi connectivity index (χ1) is 22.1. The van der Waals surface area contributed by atoms with Gasteiger partial charge in [-0.1, -0.05) is 67.4 Å².